The summed E-state index contributed by atoms with van der Waals surface area (Å²) in [5.41, 5.74) is 6.69. The number of carbonyl (C=O) groups is 1. The molecule has 1 aromatic heterocycles. The summed E-state index contributed by atoms with van der Waals surface area (Å²) in [5, 5.41) is 12.6. The van der Waals surface area contributed by atoms with E-state index in [4.69, 9.17) is 9.47 Å². The average Bonchev–Trinajstić information content (AvgIpc) is 3.09. The van der Waals surface area contributed by atoms with Crippen LogP contribution < -0.4 is 5.32 Å². The third kappa shape index (κ3) is 8.24. The van der Waals surface area contributed by atoms with Crippen LogP contribution >= 0.6 is 0 Å². The highest BCUT2D eigenvalue weighted by atomic mass is 16.7. The quantitative estimate of drug-likeness (QED) is 0.214. The zero-order valence-electron chi connectivity index (χ0n) is 25.8. The Kier molecular flexibility index (Phi) is 10.7. The molecule has 3 heterocycles. The van der Waals surface area contributed by atoms with E-state index in [0.29, 0.717) is 12.1 Å². The van der Waals surface area contributed by atoms with Gasteiger partial charge in [-0.15, -0.1) is 0 Å². The van der Waals surface area contributed by atoms with Crippen LogP contribution in [0, 0.1) is 0 Å². The first-order chi connectivity index (χ1) is 22.2. The molecule has 0 unspecified atom stereocenters. The second kappa shape index (κ2) is 15.4. The first kappa shape index (κ1) is 31.1. The molecule has 7 heteroatoms. The third-order valence-corrected chi connectivity index (χ3v) is 8.90. The molecular weight excluding hydrogens is 562 g/mol. The highest BCUT2D eigenvalue weighted by Gasteiger charge is 2.33. The molecule has 0 bridgehead atoms. The Labute approximate surface area is 266 Å². The fourth-order valence-corrected chi connectivity index (χ4v) is 6.37. The van der Waals surface area contributed by atoms with Crippen LogP contribution in [0.3, 0.4) is 0 Å². The minimum absolute atomic E-state index is 0.0292. The second-order valence-corrected chi connectivity index (χ2v) is 12.1. The van der Waals surface area contributed by atoms with Crippen molar-refractivity contribution < 1.29 is 19.4 Å². The molecule has 0 saturated carbocycles. The van der Waals surface area contributed by atoms with Gasteiger partial charge in [-0.2, -0.15) is 0 Å². The molecule has 234 valence electrons. The average molecular weight is 606 g/mol. The Morgan fingerprint density at radius 3 is 2.31 bits per heavy atom. The van der Waals surface area contributed by atoms with Crippen LogP contribution in [0.2, 0.25) is 0 Å². The van der Waals surface area contributed by atoms with E-state index in [1.807, 2.05) is 30.3 Å². The SMILES string of the molecule is O=C(NCc1ccccc1-c1ccc([C@@H]2O[C@H](CN3CCCCCCC3)C[C@H](c3ccc(CO)cc3)O2)cc1)c1cccnc1. The number of carbonyl (C=O) groups excluding carboxylic acids is 1. The molecule has 1 amide bonds. The predicted molar refractivity (Wildman–Crippen MR) is 175 cm³/mol. The van der Waals surface area contributed by atoms with E-state index in [9.17, 15) is 9.90 Å². The van der Waals surface area contributed by atoms with Crippen molar-refractivity contribution in [3.63, 3.8) is 0 Å². The van der Waals surface area contributed by atoms with Crippen molar-refractivity contribution >= 4 is 5.91 Å². The maximum Gasteiger partial charge on any atom is 0.253 e. The monoisotopic (exact) mass is 605 g/mol. The summed E-state index contributed by atoms with van der Waals surface area (Å²) in [4.78, 5) is 19.3. The molecule has 2 N–H and O–H groups in total. The van der Waals surface area contributed by atoms with E-state index in [-0.39, 0.29) is 24.7 Å². The van der Waals surface area contributed by atoms with Gasteiger partial charge in [0.2, 0.25) is 0 Å². The first-order valence-corrected chi connectivity index (χ1v) is 16.3. The van der Waals surface area contributed by atoms with Gasteiger partial charge in [0.15, 0.2) is 6.29 Å². The highest BCUT2D eigenvalue weighted by Crippen LogP contribution is 2.39. The van der Waals surface area contributed by atoms with E-state index in [1.165, 1.54) is 32.1 Å². The van der Waals surface area contributed by atoms with Crippen molar-refractivity contribution in [1.82, 2.24) is 15.2 Å². The van der Waals surface area contributed by atoms with Gasteiger partial charge in [0.25, 0.3) is 5.91 Å². The molecule has 0 spiro atoms. The summed E-state index contributed by atoms with van der Waals surface area (Å²) < 4.78 is 13.3. The fraction of sp³-hybridized carbons (Fsp3) is 0.368. The zero-order valence-corrected chi connectivity index (χ0v) is 25.8. The second-order valence-electron chi connectivity index (χ2n) is 12.1. The van der Waals surface area contributed by atoms with Gasteiger partial charge in [-0.05, 0) is 65.9 Å². The number of pyridine rings is 1. The van der Waals surface area contributed by atoms with Gasteiger partial charge in [-0.25, -0.2) is 0 Å². The van der Waals surface area contributed by atoms with Crippen molar-refractivity contribution in [1.29, 1.82) is 0 Å². The predicted octanol–water partition coefficient (Wildman–Crippen LogP) is 6.98. The molecule has 3 atom stereocenters. The molecule has 4 aromatic rings. The number of likely N-dealkylation sites (tertiary alicyclic amines) is 1. The first-order valence-electron chi connectivity index (χ1n) is 16.3. The summed E-state index contributed by atoms with van der Waals surface area (Å²) in [6, 6.07) is 28.1. The lowest BCUT2D eigenvalue weighted by Crippen LogP contribution is -2.40. The van der Waals surface area contributed by atoms with E-state index in [0.717, 1.165) is 59.4 Å². The molecule has 45 heavy (non-hydrogen) atoms. The Morgan fingerprint density at radius 2 is 1.58 bits per heavy atom. The largest absolute Gasteiger partial charge is 0.392 e. The molecule has 6 rings (SSSR count). The maximum atomic E-state index is 12.6. The van der Waals surface area contributed by atoms with E-state index in [2.05, 4.69) is 57.7 Å². The number of ether oxygens (including phenoxy) is 2. The Balaban J connectivity index is 1.18. The topological polar surface area (TPSA) is 83.9 Å². The van der Waals surface area contributed by atoms with Crippen LogP contribution in [0.4, 0.5) is 0 Å². The maximum absolute atomic E-state index is 12.6. The molecule has 7 nitrogen and oxygen atoms in total. The summed E-state index contributed by atoms with van der Waals surface area (Å²) in [6.07, 6.45) is 9.94. The number of rotatable bonds is 9. The fourth-order valence-electron chi connectivity index (χ4n) is 6.37. The molecule has 2 fully saturated rings. The molecule has 2 aliphatic heterocycles. The molecule has 2 aliphatic rings. The molecule has 0 aliphatic carbocycles. The van der Waals surface area contributed by atoms with Crippen LogP contribution in [-0.4, -0.2) is 46.6 Å². The van der Waals surface area contributed by atoms with Crippen molar-refractivity contribution in [2.45, 2.75) is 70.2 Å². The summed E-state index contributed by atoms with van der Waals surface area (Å²) >= 11 is 0. The molecule has 0 radical (unpaired) electrons. The number of nitrogens with one attached hydrogen (secondary N) is 1. The number of amides is 1. The minimum Gasteiger partial charge on any atom is -0.392 e. The smallest absolute Gasteiger partial charge is 0.253 e. The van der Waals surface area contributed by atoms with E-state index < -0.39 is 6.29 Å². The molecular formula is C38H43N3O4. The van der Waals surface area contributed by atoms with Gasteiger partial charge in [0.1, 0.15) is 0 Å². The molecule has 2 saturated heterocycles. The Hall–Kier alpha value is -3.88. The zero-order chi connectivity index (χ0) is 30.8. The number of benzene rings is 3. The van der Waals surface area contributed by atoms with Gasteiger partial charge in [-0.3, -0.25) is 9.78 Å². The lowest BCUT2D eigenvalue weighted by atomic mass is 9.97. The van der Waals surface area contributed by atoms with Gasteiger partial charge < -0.3 is 24.8 Å². The van der Waals surface area contributed by atoms with Gasteiger partial charge >= 0.3 is 0 Å². The number of aliphatic hydroxyl groups is 1. The van der Waals surface area contributed by atoms with Gasteiger partial charge in [0, 0.05) is 37.5 Å². The summed E-state index contributed by atoms with van der Waals surface area (Å²) in [5.74, 6) is -0.148. The summed E-state index contributed by atoms with van der Waals surface area (Å²) in [7, 11) is 0. The lowest BCUT2D eigenvalue weighted by Gasteiger charge is -2.39. The van der Waals surface area contributed by atoms with Crippen molar-refractivity contribution in [2.24, 2.45) is 0 Å². The van der Waals surface area contributed by atoms with Crippen LogP contribution in [0.1, 0.15) is 83.5 Å². The number of hydrogen-bond donors (Lipinski definition) is 2. The van der Waals surface area contributed by atoms with Crippen molar-refractivity contribution in [3.8, 4) is 11.1 Å². The number of nitrogens with zero attached hydrogens (tertiary/aromatic N) is 2. The Morgan fingerprint density at radius 1 is 0.844 bits per heavy atom. The van der Waals surface area contributed by atoms with Crippen molar-refractivity contribution in [3.05, 3.63) is 125 Å². The normalized spacial score (nSPS) is 21.0. The van der Waals surface area contributed by atoms with E-state index >= 15 is 0 Å². The lowest BCUT2D eigenvalue weighted by molar-refractivity contribution is -0.253. The number of aliphatic hydroxyl groups excluding tert-OH is 1. The van der Waals surface area contributed by atoms with Gasteiger partial charge in [0.05, 0.1) is 24.4 Å². The van der Waals surface area contributed by atoms with Gasteiger partial charge in [-0.1, -0.05) is 92.1 Å². The van der Waals surface area contributed by atoms with Crippen LogP contribution in [-0.2, 0) is 22.6 Å². The third-order valence-electron chi connectivity index (χ3n) is 8.90. The molecule has 3 aromatic carbocycles. The standard InChI is InChI=1S/C38H43N3O4/c42-27-28-12-14-30(15-13-28)36-23-34(26-41-21-6-2-1-3-7-22-41)44-38(45-36)31-18-16-29(17-19-31)35-11-5-4-9-32(35)25-40-37(43)33-10-8-20-39-24-33/h4-5,8-20,24,34,36,38,42H,1-3,6-7,21-23,25-27H2,(H,40,43)/t34-,36+,38+/m0/s1. The number of aromatic nitrogens is 1. The summed E-state index contributed by atoms with van der Waals surface area (Å²) in [6.45, 7) is 3.59. The minimum atomic E-state index is -0.482. The van der Waals surface area contributed by atoms with Crippen molar-refractivity contribution in [2.75, 3.05) is 19.6 Å². The van der Waals surface area contributed by atoms with Crippen LogP contribution in [0.5, 0.6) is 0 Å². The van der Waals surface area contributed by atoms with Crippen LogP contribution in [0.15, 0.2) is 97.3 Å². The number of hydrogen-bond acceptors (Lipinski definition) is 6. The Bertz CT molecular complexity index is 1500. The van der Waals surface area contributed by atoms with Crippen LogP contribution in [0.25, 0.3) is 11.1 Å². The van der Waals surface area contributed by atoms with E-state index in [1.54, 1.807) is 24.5 Å². The highest BCUT2D eigenvalue weighted by molar-refractivity contribution is 5.93.